The SMILES string of the molecule is N#CC(C(=O)Nc1ccc2c(c1)OCCO2)C(=O)C1CC=CCC1. The Morgan fingerprint density at radius 1 is 1.21 bits per heavy atom. The highest BCUT2D eigenvalue weighted by Crippen LogP contribution is 2.33. The van der Waals surface area contributed by atoms with Gasteiger partial charge in [0.05, 0.1) is 6.07 Å². The van der Waals surface area contributed by atoms with E-state index in [2.05, 4.69) is 5.32 Å². The summed E-state index contributed by atoms with van der Waals surface area (Å²) in [6.45, 7) is 0.929. The number of nitriles is 1. The van der Waals surface area contributed by atoms with Gasteiger partial charge in [-0.25, -0.2) is 0 Å². The first-order valence-electron chi connectivity index (χ1n) is 7.98. The van der Waals surface area contributed by atoms with E-state index in [9.17, 15) is 14.9 Å². The number of nitrogens with zero attached hydrogens (tertiary/aromatic N) is 1. The fraction of sp³-hybridized carbons (Fsp3) is 0.389. The molecule has 1 aromatic carbocycles. The van der Waals surface area contributed by atoms with Crippen LogP contribution in [0.4, 0.5) is 5.69 Å². The van der Waals surface area contributed by atoms with E-state index < -0.39 is 11.8 Å². The lowest BCUT2D eigenvalue weighted by Gasteiger charge is -2.20. The molecule has 1 aliphatic carbocycles. The number of ether oxygens (including phenoxy) is 2. The third kappa shape index (κ3) is 3.40. The largest absolute Gasteiger partial charge is 0.486 e. The summed E-state index contributed by atoms with van der Waals surface area (Å²) in [5.74, 6) is -1.32. The molecule has 1 N–H and O–H groups in total. The molecule has 0 bridgehead atoms. The Bertz CT molecular complexity index is 720. The van der Waals surface area contributed by atoms with E-state index in [1.807, 2.05) is 18.2 Å². The molecular weight excluding hydrogens is 308 g/mol. The quantitative estimate of drug-likeness (QED) is 0.678. The number of carbonyl (C=O) groups is 2. The van der Waals surface area contributed by atoms with Crippen molar-refractivity contribution >= 4 is 17.4 Å². The molecule has 0 spiro atoms. The van der Waals surface area contributed by atoms with Crippen LogP contribution in [-0.4, -0.2) is 24.9 Å². The molecule has 1 aliphatic heterocycles. The van der Waals surface area contributed by atoms with Crippen molar-refractivity contribution in [2.45, 2.75) is 19.3 Å². The number of hydrogen-bond donors (Lipinski definition) is 1. The van der Waals surface area contributed by atoms with Crippen LogP contribution in [0.2, 0.25) is 0 Å². The van der Waals surface area contributed by atoms with Crippen molar-refractivity contribution in [2.75, 3.05) is 18.5 Å². The van der Waals surface area contributed by atoms with Gasteiger partial charge in [0.25, 0.3) is 0 Å². The predicted octanol–water partition coefficient (Wildman–Crippen LogP) is 2.46. The zero-order chi connectivity index (χ0) is 16.9. The lowest BCUT2D eigenvalue weighted by molar-refractivity contribution is -0.131. The van der Waals surface area contributed by atoms with Crippen LogP contribution in [-0.2, 0) is 9.59 Å². The van der Waals surface area contributed by atoms with E-state index in [1.54, 1.807) is 18.2 Å². The van der Waals surface area contributed by atoms with E-state index in [0.717, 1.165) is 6.42 Å². The number of amides is 1. The molecule has 6 heteroatoms. The summed E-state index contributed by atoms with van der Waals surface area (Å²) in [6, 6.07) is 6.83. The molecule has 0 fully saturated rings. The van der Waals surface area contributed by atoms with E-state index in [-0.39, 0.29) is 11.7 Å². The van der Waals surface area contributed by atoms with E-state index in [1.165, 1.54) is 0 Å². The van der Waals surface area contributed by atoms with E-state index in [0.29, 0.717) is 43.2 Å². The number of allylic oxidation sites excluding steroid dienone is 2. The molecule has 0 saturated heterocycles. The van der Waals surface area contributed by atoms with Crippen LogP contribution in [0.3, 0.4) is 0 Å². The van der Waals surface area contributed by atoms with Crippen molar-refractivity contribution in [3.05, 3.63) is 30.4 Å². The number of anilines is 1. The summed E-state index contributed by atoms with van der Waals surface area (Å²) >= 11 is 0. The third-order valence-corrected chi connectivity index (χ3v) is 4.16. The molecule has 0 radical (unpaired) electrons. The highest BCUT2D eigenvalue weighted by molar-refractivity contribution is 6.10. The van der Waals surface area contributed by atoms with Gasteiger partial charge in [0.1, 0.15) is 13.2 Å². The predicted molar refractivity (Wildman–Crippen MR) is 86.7 cm³/mol. The molecule has 1 aromatic rings. The first-order chi connectivity index (χ1) is 11.7. The Hall–Kier alpha value is -2.81. The van der Waals surface area contributed by atoms with E-state index >= 15 is 0 Å². The molecule has 0 aromatic heterocycles. The number of ketones is 1. The molecular formula is C18H18N2O4. The number of benzene rings is 1. The average Bonchev–Trinajstić information content (AvgIpc) is 2.63. The molecule has 2 aliphatic rings. The second kappa shape index (κ2) is 7.18. The fourth-order valence-corrected chi connectivity index (χ4v) is 2.87. The monoisotopic (exact) mass is 326 g/mol. The van der Waals surface area contributed by atoms with Gasteiger partial charge in [0.15, 0.2) is 23.2 Å². The topological polar surface area (TPSA) is 88.4 Å². The number of hydrogen-bond acceptors (Lipinski definition) is 5. The highest BCUT2D eigenvalue weighted by atomic mass is 16.6. The second-order valence-electron chi connectivity index (χ2n) is 5.79. The molecule has 3 rings (SSSR count). The van der Waals surface area contributed by atoms with Gasteiger partial charge in [-0.1, -0.05) is 12.2 Å². The zero-order valence-corrected chi connectivity index (χ0v) is 13.2. The Morgan fingerprint density at radius 2 is 2.00 bits per heavy atom. The normalized spacial score (nSPS) is 19.9. The van der Waals surface area contributed by atoms with Crippen LogP contribution >= 0.6 is 0 Å². The third-order valence-electron chi connectivity index (χ3n) is 4.16. The molecule has 2 atom stereocenters. The second-order valence-corrected chi connectivity index (χ2v) is 5.79. The molecule has 0 saturated carbocycles. The van der Waals surface area contributed by atoms with Gasteiger partial charge in [0, 0.05) is 17.7 Å². The van der Waals surface area contributed by atoms with Crippen molar-refractivity contribution in [1.29, 1.82) is 5.26 Å². The summed E-state index contributed by atoms with van der Waals surface area (Å²) in [5.41, 5.74) is 0.473. The van der Waals surface area contributed by atoms with Crippen molar-refractivity contribution in [2.24, 2.45) is 11.8 Å². The average molecular weight is 326 g/mol. The van der Waals surface area contributed by atoms with Crippen LogP contribution < -0.4 is 14.8 Å². The molecule has 124 valence electrons. The van der Waals surface area contributed by atoms with Gasteiger partial charge in [-0.15, -0.1) is 0 Å². The van der Waals surface area contributed by atoms with Crippen LogP contribution in [0.1, 0.15) is 19.3 Å². The Labute approximate surface area is 140 Å². The maximum atomic E-state index is 12.4. The smallest absolute Gasteiger partial charge is 0.249 e. The minimum atomic E-state index is -1.30. The number of rotatable bonds is 4. The van der Waals surface area contributed by atoms with Gasteiger partial charge >= 0.3 is 0 Å². The molecule has 1 heterocycles. The molecule has 24 heavy (non-hydrogen) atoms. The van der Waals surface area contributed by atoms with Gasteiger partial charge in [-0.2, -0.15) is 5.26 Å². The van der Waals surface area contributed by atoms with Crippen LogP contribution in [0.15, 0.2) is 30.4 Å². The number of nitrogens with one attached hydrogen (secondary N) is 1. The Balaban J connectivity index is 1.69. The van der Waals surface area contributed by atoms with Gasteiger partial charge < -0.3 is 14.8 Å². The lowest BCUT2D eigenvalue weighted by Crippen LogP contribution is -2.33. The summed E-state index contributed by atoms with van der Waals surface area (Å²) in [6.07, 6.45) is 6.02. The summed E-state index contributed by atoms with van der Waals surface area (Å²) < 4.78 is 10.9. The zero-order valence-electron chi connectivity index (χ0n) is 13.2. The van der Waals surface area contributed by atoms with Crippen molar-refractivity contribution < 1.29 is 19.1 Å². The minimum Gasteiger partial charge on any atom is -0.486 e. The number of fused-ring (bicyclic) bond motifs is 1. The molecule has 6 nitrogen and oxygen atoms in total. The Kier molecular flexibility index (Phi) is 4.80. The first-order valence-corrected chi connectivity index (χ1v) is 7.98. The number of Topliss-reactive ketones (excluding diaryl/α,β-unsaturated/α-hetero) is 1. The van der Waals surface area contributed by atoms with Gasteiger partial charge in [-0.3, -0.25) is 9.59 Å². The summed E-state index contributed by atoms with van der Waals surface area (Å²) in [7, 11) is 0. The van der Waals surface area contributed by atoms with Gasteiger partial charge in [-0.05, 0) is 31.4 Å². The van der Waals surface area contributed by atoms with E-state index in [4.69, 9.17) is 9.47 Å². The van der Waals surface area contributed by atoms with Crippen LogP contribution in [0.25, 0.3) is 0 Å². The number of carbonyl (C=O) groups excluding carboxylic acids is 2. The maximum absolute atomic E-state index is 12.4. The van der Waals surface area contributed by atoms with Crippen molar-refractivity contribution in [3.63, 3.8) is 0 Å². The van der Waals surface area contributed by atoms with Gasteiger partial charge in [0.2, 0.25) is 5.91 Å². The fourth-order valence-electron chi connectivity index (χ4n) is 2.87. The highest BCUT2D eigenvalue weighted by Gasteiger charge is 2.32. The lowest BCUT2D eigenvalue weighted by atomic mass is 9.84. The first kappa shape index (κ1) is 16.1. The summed E-state index contributed by atoms with van der Waals surface area (Å²) in [4.78, 5) is 24.8. The molecule has 2 unspecified atom stereocenters. The summed E-state index contributed by atoms with van der Waals surface area (Å²) in [5, 5.41) is 11.9. The van der Waals surface area contributed by atoms with Crippen LogP contribution in [0, 0.1) is 23.2 Å². The minimum absolute atomic E-state index is 0.259. The maximum Gasteiger partial charge on any atom is 0.249 e. The van der Waals surface area contributed by atoms with Crippen LogP contribution in [0.5, 0.6) is 11.5 Å². The van der Waals surface area contributed by atoms with Crippen molar-refractivity contribution in [3.8, 4) is 17.6 Å². The standard InChI is InChI=1S/C18H18N2O4/c19-11-14(17(21)12-4-2-1-3-5-12)18(22)20-13-6-7-15-16(10-13)24-9-8-23-15/h1-2,6-7,10,12,14H,3-5,8-9H2,(H,20,22). The molecule has 1 amide bonds. The Morgan fingerprint density at radius 3 is 2.71 bits per heavy atom. The van der Waals surface area contributed by atoms with Crippen molar-refractivity contribution in [1.82, 2.24) is 0 Å².